The summed E-state index contributed by atoms with van der Waals surface area (Å²) in [4.78, 5) is 0. The number of hydrogen-bond acceptors (Lipinski definition) is 1. The Morgan fingerprint density at radius 1 is 0.909 bits per heavy atom. The van der Waals surface area contributed by atoms with E-state index in [1.54, 1.807) is 12.1 Å². The SMILES string of the molecule is CCCCCCCCCc1ccc(OC(F)(F)C(F)F)cc1. The van der Waals surface area contributed by atoms with E-state index in [9.17, 15) is 17.6 Å². The van der Waals surface area contributed by atoms with Gasteiger partial charge in [0.25, 0.3) is 0 Å². The number of ether oxygens (including phenoxy) is 1. The predicted molar refractivity (Wildman–Crippen MR) is 79.7 cm³/mol. The third kappa shape index (κ3) is 7.14. The Morgan fingerprint density at radius 3 is 2.00 bits per heavy atom. The van der Waals surface area contributed by atoms with Gasteiger partial charge in [-0.1, -0.05) is 57.6 Å². The van der Waals surface area contributed by atoms with E-state index in [4.69, 9.17) is 0 Å². The Balaban J connectivity index is 2.27. The van der Waals surface area contributed by atoms with Gasteiger partial charge in [-0.2, -0.15) is 17.6 Å². The molecule has 0 spiro atoms. The van der Waals surface area contributed by atoms with E-state index in [1.807, 2.05) is 0 Å². The number of rotatable bonds is 11. The summed E-state index contributed by atoms with van der Waals surface area (Å²) < 4.78 is 53.5. The van der Waals surface area contributed by atoms with Gasteiger partial charge in [0.2, 0.25) is 0 Å². The first-order valence-corrected chi connectivity index (χ1v) is 7.89. The first kappa shape index (κ1) is 18.8. The second kappa shape index (κ2) is 9.70. The number of alkyl halides is 4. The van der Waals surface area contributed by atoms with Gasteiger partial charge in [0.05, 0.1) is 0 Å². The van der Waals surface area contributed by atoms with Crippen LogP contribution in [-0.2, 0) is 6.42 Å². The molecule has 0 bridgehead atoms. The van der Waals surface area contributed by atoms with Crippen molar-refractivity contribution in [2.45, 2.75) is 70.8 Å². The van der Waals surface area contributed by atoms with Crippen LogP contribution in [0.25, 0.3) is 0 Å². The smallest absolute Gasteiger partial charge is 0.428 e. The Hall–Kier alpha value is -1.26. The second-order valence-electron chi connectivity index (χ2n) is 5.48. The molecular formula is C17H24F4O. The average molecular weight is 320 g/mol. The zero-order valence-corrected chi connectivity index (χ0v) is 13.0. The number of aryl methyl sites for hydroxylation is 1. The van der Waals surface area contributed by atoms with E-state index in [1.165, 1.54) is 44.2 Å². The largest absolute Gasteiger partial charge is 0.461 e. The van der Waals surface area contributed by atoms with Crippen molar-refractivity contribution < 1.29 is 22.3 Å². The first-order valence-electron chi connectivity index (χ1n) is 7.89. The van der Waals surface area contributed by atoms with Crippen LogP contribution in [-0.4, -0.2) is 12.5 Å². The minimum absolute atomic E-state index is 0.242. The van der Waals surface area contributed by atoms with Gasteiger partial charge in [0, 0.05) is 0 Å². The van der Waals surface area contributed by atoms with Gasteiger partial charge in [-0.25, -0.2) is 0 Å². The van der Waals surface area contributed by atoms with E-state index >= 15 is 0 Å². The molecule has 0 aliphatic heterocycles. The molecular weight excluding hydrogens is 296 g/mol. The Labute approximate surface area is 129 Å². The zero-order chi connectivity index (χ0) is 16.4. The summed E-state index contributed by atoms with van der Waals surface area (Å²) in [6, 6.07) is 5.92. The molecule has 1 aromatic carbocycles. The molecule has 1 rings (SSSR count). The van der Waals surface area contributed by atoms with Crippen molar-refractivity contribution in [3.05, 3.63) is 29.8 Å². The second-order valence-corrected chi connectivity index (χ2v) is 5.48. The van der Waals surface area contributed by atoms with Crippen LogP contribution < -0.4 is 4.74 Å². The molecule has 126 valence electrons. The maximum absolute atomic E-state index is 12.7. The summed E-state index contributed by atoms with van der Waals surface area (Å²) in [5.74, 6) is -0.242. The zero-order valence-electron chi connectivity index (χ0n) is 13.0. The molecule has 0 atom stereocenters. The van der Waals surface area contributed by atoms with Crippen LogP contribution in [0.3, 0.4) is 0 Å². The van der Waals surface area contributed by atoms with Gasteiger partial charge < -0.3 is 4.74 Å². The lowest BCUT2D eigenvalue weighted by atomic mass is 10.0. The summed E-state index contributed by atoms with van der Waals surface area (Å²) in [6.45, 7) is 2.19. The molecule has 0 saturated heterocycles. The van der Waals surface area contributed by atoms with E-state index in [-0.39, 0.29) is 5.75 Å². The van der Waals surface area contributed by atoms with Gasteiger partial charge in [-0.05, 0) is 30.5 Å². The van der Waals surface area contributed by atoms with Crippen molar-refractivity contribution in [2.75, 3.05) is 0 Å². The van der Waals surface area contributed by atoms with Crippen molar-refractivity contribution in [3.63, 3.8) is 0 Å². The Morgan fingerprint density at radius 2 is 1.45 bits per heavy atom. The maximum atomic E-state index is 12.7. The summed E-state index contributed by atoms with van der Waals surface area (Å²) in [5, 5.41) is 0. The first-order chi connectivity index (χ1) is 10.5. The topological polar surface area (TPSA) is 9.23 Å². The minimum atomic E-state index is -4.44. The monoisotopic (exact) mass is 320 g/mol. The van der Waals surface area contributed by atoms with E-state index in [2.05, 4.69) is 11.7 Å². The third-order valence-electron chi connectivity index (χ3n) is 3.50. The highest BCUT2D eigenvalue weighted by atomic mass is 19.3. The highest BCUT2D eigenvalue weighted by Crippen LogP contribution is 2.27. The van der Waals surface area contributed by atoms with Crippen LogP contribution in [0.15, 0.2) is 24.3 Å². The fourth-order valence-corrected chi connectivity index (χ4v) is 2.21. The van der Waals surface area contributed by atoms with Crippen LogP contribution in [0.5, 0.6) is 5.75 Å². The van der Waals surface area contributed by atoms with Crippen LogP contribution in [0.4, 0.5) is 17.6 Å². The Bertz CT molecular complexity index is 404. The fourth-order valence-electron chi connectivity index (χ4n) is 2.21. The molecule has 1 aromatic rings. The third-order valence-corrected chi connectivity index (χ3v) is 3.50. The molecule has 0 N–H and O–H groups in total. The number of unbranched alkanes of at least 4 members (excludes halogenated alkanes) is 6. The van der Waals surface area contributed by atoms with Crippen molar-refractivity contribution in [2.24, 2.45) is 0 Å². The van der Waals surface area contributed by atoms with Gasteiger partial charge >= 0.3 is 12.5 Å². The number of benzene rings is 1. The summed E-state index contributed by atoms with van der Waals surface area (Å²) in [6.07, 6.45) is 1.03. The summed E-state index contributed by atoms with van der Waals surface area (Å²) >= 11 is 0. The predicted octanol–water partition coefficient (Wildman–Crippen LogP) is 6.22. The normalized spacial score (nSPS) is 11.9. The van der Waals surface area contributed by atoms with Crippen molar-refractivity contribution in [3.8, 4) is 5.75 Å². The van der Waals surface area contributed by atoms with Crippen molar-refractivity contribution >= 4 is 0 Å². The van der Waals surface area contributed by atoms with Crippen LogP contribution in [0, 0.1) is 0 Å². The van der Waals surface area contributed by atoms with Gasteiger partial charge in [0.15, 0.2) is 0 Å². The number of hydrogen-bond donors (Lipinski definition) is 0. The number of halogens is 4. The molecule has 0 aliphatic rings. The molecule has 0 amide bonds. The molecule has 0 unspecified atom stereocenters. The molecule has 0 radical (unpaired) electrons. The van der Waals surface area contributed by atoms with Gasteiger partial charge in [-0.15, -0.1) is 0 Å². The van der Waals surface area contributed by atoms with E-state index < -0.39 is 12.5 Å². The summed E-state index contributed by atoms with van der Waals surface area (Å²) in [5.41, 5.74) is 1.00. The summed E-state index contributed by atoms with van der Waals surface area (Å²) in [7, 11) is 0. The highest BCUT2D eigenvalue weighted by molar-refractivity contribution is 5.27. The Kier molecular flexibility index (Phi) is 8.28. The average Bonchev–Trinajstić information content (AvgIpc) is 2.47. The van der Waals surface area contributed by atoms with Crippen LogP contribution in [0.2, 0.25) is 0 Å². The fraction of sp³-hybridized carbons (Fsp3) is 0.647. The minimum Gasteiger partial charge on any atom is -0.428 e. The van der Waals surface area contributed by atoms with E-state index in [0.29, 0.717) is 0 Å². The van der Waals surface area contributed by atoms with Gasteiger partial charge in [0.1, 0.15) is 5.75 Å². The van der Waals surface area contributed by atoms with Crippen LogP contribution in [0.1, 0.15) is 57.4 Å². The van der Waals surface area contributed by atoms with Gasteiger partial charge in [-0.3, -0.25) is 0 Å². The lowest BCUT2D eigenvalue weighted by Crippen LogP contribution is -2.33. The molecule has 1 nitrogen and oxygen atoms in total. The quantitative estimate of drug-likeness (QED) is 0.347. The maximum Gasteiger partial charge on any atom is 0.461 e. The van der Waals surface area contributed by atoms with Crippen molar-refractivity contribution in [1.29, 1.82) is 0 Å². The molecule has 0 saturated carbocycles. The lowest BCUT2D eigenvalue weighted by Gasteiger charge is -2.16. The molecule has 0 fully saturated rings. The standard InChI is InChI=1S/C17H24F4O/c1-2-3-4-5-6-7-8-9-14-10-12-15(13-11-14)22-17(20,21)16(18)19/h10-13,16H,2-9H2,1H3. The molecule has 22 heavy (non-hydrogen) atoms. The van der Waals surface area contributed by atoms with E-state index in [0.717, 1.165) is 24.8 Å². The van der Waals surface area contributed by atoms with Crippen molar-refractivity contribution in [1.82, 2.24) is 0 Å². The lowest BCUT2D eigenvalue weighted by molar-refractivity contribution is -0.253. The molecule has 5 heteroatoms. The molecule has 0 heterocycles. The molecule has 0 aliphatic carbocycles. The molecule has 0 aromatic heterocycles. The van der Waals surface area contributed by atoms with Crippen LogP contribution >= 0.6 is 0 Å². The highest BCUT2D eigenvalue weighted by Gasteiger charge is 2.43.